The quantitative estimate of drug-likeness (QED) is 0.764. The molecule has 0 unspecified atom stereocenters. The van der Waals surface area contributed by atoms with E-state index in [4.69, 9.17) is 19.3 Å². The fraction of sp³-hybridized carbons (Fsp3) is 0.333. The monoisotopic (exact) mass is 248 g/mol. The lowest BCUT2D eigenvalue weighted by molar-refractivity contribution is 0.189. The van der Waals surface area contributed by atoms with Gasteiger partial charge in [0, 0.05) is 0 Å². The highest BCUT2D eigenvalue weighted by molar-refractivity contribution is 7.46. The fourth-order valence-corrected chi connectivity index (χ4v) is 1.45. The van der Waals surface area contributed by atoms with Crippen LogP contribution in [-0.2, 0) is 15.7 Å². The molecule has 0 fully saturated rings. The van der Waals surface area contributed by atoms with Gasteiger partial charge in [-0.2, -0.15) is 0 Å². The Morgan fingerprint density at radius 3 is 2.31 bits per heavy atom. The van der Waals surface area contributed by atoms with Crippen molar-refractivity contribution in [1.82, 2.24) is 0 Å². The largest absolute Gasteiger partial charge is 0.493 e. The van der Waals surface area contributed by atoms with Gasteiger partial charge in [-0.25, -0.2) is 4.57 Å². The van der Waals surface area contributed by atoms with Crippen molar-refractivity contribution in [3.8, 4) is 11.5 Å². The summed E-state index contributed by atoms with van der Waals surface area (Å²) in [6, 6.07) is 4.86. The molecule has 7 heteroatoms. The maximum absolute atomic E-state index is 10.5. The van der Waals surface area contributed by atoms with E-state index < -0.39 is 7.82 Å². The van der Waals surface area contributed by atoms with E-state index in [0.29, 0.717) is 17.1 Å². The van der Waals surface area contributed by atoms with Gasteiger partial charge in [-0.05, 0) is 17.7 Å². The molecule has 6 nitrogen and oxygen atoms in total. The van der Waals surface area contributed by atoms with Gasteiger partial charge in [0.05, 0.1) is 20.8 Å². The Balaban J connectivity index is 2.79. The van der Waals surface area contributed by atoms with E-state index in [9.17, 15) is 4.57 Å². The van der Waals surface area contributed by atoms with Crippen molar-refractivity contribution < 1.29 is 28.3 Å². The Kier molecular flexibility index (Phi) is 4.32. The SMILES string of the molecule is COc1ccc(COP(=O)(O)O)cc1OC. The van der Waals surface area contributed by atoms with Gasteiger partial charge in [0.25, 0.3) is 0 Å². The number of hydrogen-bond donors (Lipinski definition) is 2. The van der Waals surface area contributed by atoms with Crippen LogP contribution in [0, 0.1) is 0 Å². The molecule has 1 aromatic rings. The summed E-state index contributed by atoms with van der Waals surface area (Å²) in [7, 11) is -1.46. The predicted molar refractivity (Wildman–Crippen MR) is 56.4 cm³/mol. The van der Waals surface area contributed by atoms with Crippen LogP contribution < -0.4 is 9.47 Å². The molecule has 0 heterocycles. The number of rotatable bonds is 5. The molecule has 0 aliphatic carbocycles. The Morgan fingerprint density at radius 2 is 1.81 bits per heavy atom. The first kappa shape index (κ1) is 13.0. The standard InChI is InChI=1S/C9H13O6P/c1-13-8-4-3-7(5-9(8)14-2)6-15-16(10,11)12/h3-5H,6H2,1-2H3,(H2,10,11,12). The Bertz CT molecular complexity index is 399. The van der Waals surface area contributed by atoms with E-state index in [-0.39, 0.29) is 6.61 Å². The van der Waals surface area contributed by atoms with Gasteiger partial charge in [-0.3, -0.25) is 4.52 Å². The molecule has 16 heavy (non-hydrogen) atoms. The Labute approximate surface area is 93.0 Å². The van der Waals surface area contributed by atoms with Crippen LogP contribution in [0.5, 0.6) is 11.5 Å². The summed E-state index contributed by atoms with van der Waals surface area (Å²) in [6.07, 6.45) is 0. The number of benzene rings is 1. The summed E-state index contributed by atoms with van der Waals surface area (Å²) in [5, 5.41) is 0. The first-order chi connectivity index (χ1) is 7.46. The normalized spacial score (nSPS) is 11.2. The molecular formula is C9H13O6P. The molecule has 2 N–H and O–H groups in total. The number of phosphoric ester groups is 1. The zero-order chi connectivity index (χ0) is 12.2. The lowest BCUT2D eigenvalue weighted by Gasteiger charge is -2.10. The zero-order valence-electron chi connectivity index (χ0n) is 8.91. The molecule has 90 valence electrons. The van der Waals surface area contributed by atoms with Gasteiger partial charge < -0.3 is 19.3 Å². The van der Waals surface area contributed by atoms with Crippen molar-refractivity contribution in [2.24, 2.45) is 0 Å². The third-order valence-electron chi connectivity index (χ3n) is 1.85. The summed E-state index contributed by atoms with van der Waals surface area (Å²) in [5.74, 6) is 1.02. The summed E-state index contributed by atoms with van der Waals surface area (Å²) < 4.78 is 24.9. The molecule has 0 amide bonds. The number of methoxy groups -OCH3 is 2. The molecule has 0 bridgehead atoms. The van der Waals surface area contributed by atoms with Gasteiger partial charge in [-0.1, -0.05) is 6.07 Å². The molecule has 0 aliphatic heterocycles. The van der Waals surface area contributed by atoms with Crippen LogP contribution in [0.4, 0.5) is 0 Å². The number of phosphoric acid groups is 1. The summed E-state index contributed by atoms with van der Waals surface area (Å²) in [4.78, 5) is 17.1. The second-order valence-electron chi connectivity index (χ2n) is 2.95. The van der Waals surface area contributed by atoms with Crippen LogP contribution in [0.3, 0.4) is 0 Å². The molecule has 0 aromatic heterocycles. The third kappa shape index (κ3) is 3.83. The second kappa shape index (κ2) is 5.32. The minimum absolute atomic E-state index is 0.190. The molecule has 1 aromatic carbocycles. The van der Waals surface area contributed by atoms with Crippen molar-refractivity contribution in [3.63, 3.8) is 0 Å². The lowest BCUT2D eigenvalue weighted by Crippen LogP contribution is -1.94. The predicted octanol–water partition coefficient (Wildman–Crippen LogP) is 1.31. The summed E-state index contributed by atoms with van der Waals surface area (Å²) in [5.41, 5.74) is 0.584. The summed E-state index contributed by atoms with van der Waals surface area (Å²) in [6.45, 7) is -0.190. The smallest absolute Gasteiger partial charge is 0.469 e. The van der Waals surface area contributed by atoms with Crippen LogP contribution in [0.2, 0.25) is 0 Å². The molecule has 0 saturated carbocycles. The van der Waals surface area contributed by atoms with Crippen LogP contribution >= 0.6 is 7.82 Å². The van der Waals surface area contributed by atoms with E-state index in [0.717, 1.165) is 0 Å². The molecule has 0 saturated heterocycles. The minimum Gasteiger partial charge on any atom is -0.493 e. The van der Waals surface area contributed by atoms with E-state index in [2.05, 4.69) is 4.52 Å². The molecule has 1 rings (SSSR count). The molecule has 0 atom stereocenters. The van der Waals surface area contributed by atoms with Gasteiger partial charge in [0.15, 0.2) is 11.5 Å². The fourth-order valence-electron chi connectivity index (χ4n) is 1.13. The third-order valence-corrected chi connectivity index (χ3v) is 2.31. The topological polar surface area (TPSA) is 85.2 Å². The van der Waals surface area contributed by atoms with Crippen molar-refractivity contribution in [2.75, 3.05) is 14.2 Å². The average Bonchev–Trinajstić information content (AvgIpc) is 2.25. The van der Waals surface area contributed by atoms with Crippen molar-refractivity contribution in [1.29, 1.82) is 0 Å². The number of ether oxygens (including phenoxy) is 2. The van der Waals surface area contributed by atoms with E-state index in [1.165, 1.54) is 14.2 Å². The summed E-state index contributed by atoms with van der Waals surface area (Å²) >= 11 is 0. The molecule has 0 radical (unpaired) electrons. The van der Waals surface area contributed by atoms with E-state index in [1.54, 1.807) is 18.2 Å². The van der Waals surface area contributed by atoms with Gasteiger partial charge >= 0.3 is 7.82 Å². The van der Waals surface area contributed by atoms with Crippen molar-refractivity contribution >= 4 is 7.82 Å². The van der Waals surface area contributed by atoms with Crippen LogP contribution in [0.1, 0.15) is 5.56 Å². The molecule has 0 aliphatic rings. The van der Waals surface area contributed by atoms with Gasteiger partial charge in [0.1, 0.15) is 0 Å². The Hall–Kier alpha value is -1.07. The first-order valence-electron chi connectivity index (χ1n) is 4.37. The van der Waals surface area contributed by atoms with Crippen molar-refractivity contribution in [2.45, 2.75) is 6.61 Å². The zero-order valence-corrected chi connectivity index (χ0v) is 9.81. The van der Waals surface area contributed by atoms with Crippen molar-refractivity contribution in [3.05, 3.63) is 23.8 Å². The van der Waals surface area contributed by atoms with Crippen LogP contribution in [-0.4, -0.2) is 24.0 Å². The first-order valence-corrected chi connectivity index (χ1v) is 5.90. The highest BCUT2D eigenvalue weighted by atomic mass is 31.2. The maximum atomic E-state index is 10.5. The molecular weight excluding hydrogens is 235 g/mol. The van der Waals surface area contributed by atoms with Crippen LogP contribution in [0.25, 0.3) is 0 Å². The average molecular weight is 248 g/mol. The highest BCUT2D eigenvalue weighted by Crippen LogP contribution is 2.37. The lowest BCUT2D eigenvalue weighted by atomic mass is 10.2. The Morgan fingerprint density at radius 1 is 1.19 bits per heavy atom. The van der Waals surface area contributed by atoms with E-state index in [1.807, 2.05) is 0 Å². The van der Waals surface area contributed by atoms with Crippen LogP contribution in [0.15, 0.2) is 18.2 Å². The van der Waals surface area contributed by atoms with Gasteiger partial charge in [0.2, 0.25) is 0 Å². The number of hydrogen-bond acceptors (Lipinski definition) is 4. The highest BCUT2D eigenvalue weighted by Gasteiger charge is 2.14. The van der Waals surface area contributed by atoms with Gasteiger partial charge in [-0.15, -0.1) is 0 Å². The molecule has 0 spiro atoms. The second-order valence-corrected chi connectivity index (χ2v) is 4.19. The minimum atomic E-state index is -4.45. The van der Waals surface area contributed by atoms with E-state index >= 15 is 0 Å². The maximum Gasteiger partial charge on any atom is 0.469 e.